The number of hydrogen-bond donors (Lipinski definition) is 2. The average molecular weight is 285 g/mol. The van der Waals surface area contributed by atoms with E-state index in [2.05, 4.69) is 10.3 Å². The topological polar surface area (TPSA) is 54.1 Å². The number of aromatic amines is 1. The van der Waals surface area contributed by atoms with Gasteiger partial charge in [0.2, 0.25) is 5.91 Å². The number of fused-ring (bicyclic) bond motifs is 1. The standard InChI is InChI=1S/C13H14ClFN2O2/c1-7(18)16-4-3-8-6-17-13-9(8)5-10(19-2)11(14)12(13)15/h5-6,17H,3-4H2,1-2H3,(H,16,18). The number of halogens is 2. The third-order valence-corrected chi connectivity index (χ3v) is 3.25. The van der Waals surface area contributed by atoms with E-state index in [1.54, 1.807) is 12.3 Å². The summed E-state index contributed by atoms with van der Waals surface area (Å²) in [5, 5.41) is 3.37. The molecule has 0 aliphatic heterocycles. The van der Waals surface area contributed by atoms with Gasteiger partial charge in [-0.15, -0.1) is 0 Å². The maximum atomic E-state index is 14.0. The maximum absolute atomic E-state index is 14.0. The molecule has 0 saturated carbocycles. The second-order valence-corrected chi connectivity index (χ2v) is 4.55. The molecule has 2 aromatic rings. The van der Waals surface area contributed by atoms with E-state index in [-0.39, 0.29) is 10.9 Å². The molecule has 1 aromatic carbocycles. The highest BCUT2D eigenvalue weighted by molar-refractivity contribution is 6.33. The van der Waals surface area contributed by atoms with Gasteiger partial charge in [0.05, 0.1) is 12.6 Å². The second-order valence-electron chi connectivity index (χ2n) is 4.18. The zero-order valence-electron chi connectivity index (χ0n) is 10.6. The van der Waals surface area contributed by atoms with E-state index in [1.807, 2.05) is 0 Å². The molecule has 0 fully saturated rings. The summed E-state index contributed by atoms with van der Waals surface area (Å²) < 4.78 is 19.0. The van der Waals surface area contributed by atoms with Gasteiger partial charge in [-0.1, -0.05) is 11.6 Å². The first-order chi connectivity index (χ1) is 9.04. The summed E-state index contributed by atoms with van der Waals surface area (Å²) >= 11 is 5.85. The van der Waals surface area contributed by atoms with Gasteiger partial charge in [-0.25, -0.2) is 4.39 Å². The predicted octanol–water partition coefficient (Wildman–Crippen LogP) is 2.65. The maximum Gasteiger partial charge on any atom is 0.216 e. The molecule has 6 heteroatoms. The first-order valence-corrected chi connectivity index (χ1v) is 6.18. The summed E-state index contributed by atoms with van der Waals surface area (Å²) in [5.41, 5.74) is 1.25. The Morgan fingerprint density at radius 2 is 2.32 bits per heavy atom. The van der Waals surface area contributed by atoms with Crippen molar-refractivity contribution in [3.05, 3.63) is 28.7 Å². The van der Waals surface area contributed by atoms with Crippen molar-refractivity contribution in [1.82, 2.24) is 10.3 Å². The van der Waals surface area contributed by atoms with Crippen molar-refractivity contribution in [2.45, 2.75) is 13.3 Å². The lowest BCUT2D eigenvalue weighted by molar-refractivity contribution is -0.118. The molecule has 0 unspecified atom stereocenters. The normalized spacial score (nSPS) is 10.7. The van der Waals surface area contributed by atoms with Gasteiger partial charge in [0, 0.05) is 25.1 Å². The number of H-pyrrole nitrogens is 1. The van der Waals surface area contributed by atoms with Gasteiger partial charge in [0.1, 0.15) is 10.8 Å². The molecule has 0 radical (unpaired) electrons. The number of carbonyl (C=O) groups is 1. The molecule has 0 bridgehead atoms. The van der Waals surface area contributed by atoms with E-state index in [0.29, 0.717) is 29.6 Å². The molecule has 1 heterocycles. The zero-order chi connectivity index (χ0) is 14.0. The first-order valence-electron chi connectivity index (χ1n) is 5.81. The average Bonchev–Trinajstić information content (AvgIpc) is 2.76. The van der Waals surface area contributed by atoms with Gasteiger partial charge in [-0.3, -0.25) is 4.79 Å². The fraction of sp³-hybridized carbons (Fsp3) is 0.308. The van der Waals surface area contributed by atoms with Crippen molar-refractivity contribution in [3.8, 4) is 5.75 Å². The minimum Gasteiger partial charge on any atom is -0.495 e. The number of carbonyl (C=O) groups excluding carboxylic acids is 1. The molecule has 1 aromatic heterocycles. The van der Waals surface area contributed by atoms with Gasteiger partial charge >= 0.3 is 0 Å². The van der Waals surface area contributed by atoms with Gasteiger partial charge in [0.25, 0.3) is 0 Å². The smallest absolute Gasteiger partial charge is 0.216 e. The predicted molar refractivity (Wildman–Crippen MR) is 72.2 cm³/mol. The van der Waals surface area contributed by atoms with Crippen LogP contribution in [0.4, 0.5) is 4.39 Å². The zero-order valence-corrected chi connectivity index (χ0v) is 11.4. The molecular formula is C13H14ClFN2O2. The Labute approximate surface area is 114 Å². The Kier molecular flexibility index (Phi) is 3.95. The fourth-order valence-corrected chi connectivity index (χ4v) is 2.19. The van der Waals surface area contributed by atoms with Crippen LogP contribution in [0.1, 0.15) is 12.5 Å². The largest absolute Gasteiger partial charge is 0.495 e. The highest BCUT2D eigenvalue weighted by Gasteiger charge is 2.15. The van der Waals surface area contributed by atoms with Crippen LogP contribution in [0.2, 0.25) is 5.02 Å². The minimum atomic E-state index is -0.526. The van der Waals surface area contributed by atoms with Crippen molar-refractivity contribution in [2.24, 2.45) is 0 Å². The first kappa shape index (κ1) is 13.7. The lowest BCUT2D eigenvalue weighted by Gasteiger charge is -2.06. The Hall–Kier alpha value is -1.75. The number of aromatic nitrogens is 1. The Morgan fingerprint density at radius 3 is 2.95 bits per heavy atom. The van der Waals surface area contributed by atoms with Crippen LogP contribution in [0.15, 0.2) is 12.3 Å². The third kappa shape index (κ3) is 2.66. The van der Waals surface area contributed by atoms with Crippen LogP contribution >= 0.6 is 11.6 Å². The van der Waals surface area contributed by atoms with Crippen molar-refractivity contribution in [1.29, 1.82) is 0 Å². The van der Waals surface area contributed by atoms with Gasteiger partial charge in [-0.05, 0) is 18.1 Å². The number of rotatable bonds is 4. The monoisotopic (exact) mass is 284 g/mol. The molecule has 2 N–H and O–H groups in total. The molecule has 4 nitrogen and oxygen atoms in total. The molecule has 0 atom stereocenters. The van der Waals surface area contributed by atoms with Crippen LogP contribution in [0.5, 0.6) is 5.75 Å². The fourth-order valence-electron chi connectivity index (χ4n) is 1.96. The van der Waals surface area contributed by atoms with Crippen LogP contribution in [0, 0.1) is 5.82 Å². The van der Waals surface area contributed by atoms with E-state index in [0.717, 1.165) is 5.56 Å². The number of hydrogen-bond acceptors (Lipinski definition) is 2. The number of benzene rings is 1. The minimum absolute atomic E-state index is 0.0368. The molecule has 0 aliphatic rings. The van der Waals surface area contributed by atoms with Crippen LogP contribution in [0.3, 0.4) is 0 Å². The van der Waals surface area contributed by atoms with E-state index in [4.69, 9.17) is 16.3 Å². The molecule has 1 amide bonds. The summed E-state index contributed by atoms with van der Waals surface area (Å²) in [6, 6.07) is 1.69. The Morgan fingerprint density at radius 1 is 1.58 bits per heavy atom. The van der Waals surface area contributed by atoms with Crippen LogP contribution in [0.25, 0.3) is 10.9 Å². The SMILES string of the molecule is COc1cc2c(CCNC(C)=O)c[nH]c2c(F)c1Cl. The Balaban J connectivity index is 2.36. The molecular weight excluding hydrogens is 271 g/mol. The van der Waals surface area contributed by atoms with E-state index < -0.39 is 5.82 Å². The van der Waals surface area contributed by atoms with Crippen molar-refractivity contribution >= 4 is 28.4 Å². The second kappa shape index (κ2) is 5.48. The summed E-state index contributed by atoms with van der Waals surface area (Å²) in [5.74, 6) is -0.319. The van der Waals surface area contributed by atoms with Crippen molar-refractivity contribution < 1.29 is 13.9 Å². The summed E-state index contributed by atoms with van der Waals surface area (Å²) in [6.45, 7) is 1.95. The lowest BCUT2D eigenvalue weighted by Crippen LogP contribution is -2.22. The summed E-state index contributed by atoms with van der Waals surface area (Å²) in [6.07, 6.45) is 2.31. The number of nitrogens with one attached hydrogen (secondary N) is 2. The van der Waals surface area contributed by atoms with E-state index >= 15 is 0 Å². The molecule has 19 heavy (non-hydrogen) atoms. The van der Waals surface area contributed by atoms with Crippen LogP contribution in [-0.4, -0.2) is 24.5 Å². The Bertz CT molecular complexity index is 625. The third-order valence-electron chi connectivity index (χ3n) is 2.90. The molecule has 0 saturated heterocycles. The van der Waals surface area contributed by atoms with Gasteiger partial charge in [-0.2, -0.15) is 0 Å². The van der Waals surface area contributed by atoms with Crippen LogP contribution in [-0.2, 0) is 11.2 Å². The van der Waals surface area contributed by atoms with Crippen molar-refractivity contribution in [3.63, 3.8) is 0 Å². The molecule has 0 spiro atoms. The van der Waals surface area contributed by atoms with E-state index in [9.17, 15) is 9.18 Å². The van der Waals surface area contributed by atoms with Gasteiger partial charge < -0.3 is 15.0 Å². The molecule has 102 valence electrons. The highest BCUT2D eigenvalue weighted by Crippen LogP contribution is 2.34. The molecule has 0 aliphatic carbocycles. The van der Waals surface area contributed by atoms with Gasteiger partial charge in [0.15, 0.2) is 5.82 Å². The summed E-state index contributed by atoms with van der Waals surface area (Å²) in [4.78, 5) is 13.7. The van der Waals surface area contributed by atoms with Crippen molar-refractivity contribution in [2.75, 3.05) is 13.7 Å². The van der Waals surface area contributed by atoms with Crippen LogP contribution < -0.4 is 10.1 Å². The lowest BCUT2D eigenvalue weighted by atomic mass is 10.1. The number of amides is 1. The quantitative estimate of drug-likeness (QED) is 0.907. The summed E-state index contributed by atoms with van der Waals surface area (Å²) in [7, 11) is 1.44. The number of ether oxygens (including phenoxy) is 1. The highest BCUT2D eigenvalue weighted by atomic mass is 35.5. The number of methoxy groups -OCH3 is 1. The molecule has 2 rings (SSSR count). The van der Waals surface area contributed by atoms with E-state index in [1.165, 1.54) is 14.0 Å².